The third kappa shape index (κ3) is 3.69. The largest absolute Gasteiger partial charge is 0.419 e. The van der Waals surface area contributed by atoms with E-state index < -0.39 is 29.0 Å². The van der Waals surface area contributed by atoms with E-state index in [1.54, 1.807) is 6.92 Å². The molecule has 1 aromatic rings. The van der Waals surface area contributed by atoms with Crippen molar-refractivity contribution in [1.82, 2.24) is 4.90 Å². The van der Waals surface area contributed by atoms with Crippen molar-refractivity contribution in [2.24, 2.45) is 5.73 Å². The molecule has 1 amide bonds. The lowest BCUT2D eigenvalue weighted by molar-refractivity contribution is -0.140. The lowest BCUT2D eigenvalue weighted by Gasteiger charge is -2.21. The van der Waals surface area contributed by atoms with Gasteiger partial charge in [-0.15, -0.1) is 0 Å². The van der Waals surface area contributed by atoms with Crippen LogP contribution in [0.4, 0.5) is 17.6 Å². The van der Waals surface area contributed by atoms with Crippen LogP contribution in [0.15, 0.2) is 18.2 Å². The highest BCUT2D eigenvalue weighted by Gasteiger charge is 2.36. The van der Waals surface area contributed by atoms with Crippen molar-refractivity contribution in [2.45, 2.75) is 19.5 Å². The number of rotatable bonds is 5. The van der Waals surface area contributed by atoms with Crippen LogP contribution in [0.5, 0.6) is 0 Å². The molecule has 0 aliphatic carbocycles. The van der Waals surface area contributed by atoms with Crippen LogP contribution >= 0.6 is 0 Å². The summed E-state index contributed by atoms with van der Waals surface area (Å²) in [4.78, 5) is 13.3. The summed E-state index contributed by atoms with van der Waals surface area (Å²) >= 11 is 0. The highest BCUT2D eigenvalue weighted by Crippen LogP contribution is 2.32. The molecule has 2 N–H and O–H groups in total. The zero-order valence-electron chi connectivity index (χ0n) is 11.0. The van der Waals surface area contributed by atoms with Crippen molar-refractivity contribution >= 4 is 5.91 Å². The van der Waals surface area contributed by atoms with Crippen LogP contribution in [-0.4, -0.2) is 30.4 Å². The first-order chi connectivity index (χ1) is 9.32. The molecule has 0 aliphatic heterocycles. The lowest BCUT2D eigenvalue weighted by atomic mass is 10.1. The number of halogens is 4. The monoisotopic (exact) mass is 292 g/mol. The van der Waals surface area contributed by atoms with E-state index in [1.807, 2.05) is 0 Å². The predicted molar refractivity (Wildman–Crippen MR) is 66.7 cm³/mol. The number of hydrogen-bond acceptors (Lipinski definition) is 2. The van der Waals surface area contributed by atoms with Gasteiger partial charge in [-0.25, -0.2) is 4.39 Å². The van der Waals surface area contributed by atoms with E-state index in [9.17, 15) is 22.4 Å². The number of alkyl halides is 3. The van der Waals surface area contributed by atoms with Crippen LogP contribution in [0.1, 0.15) is 29.3 Å². The molecule has 0 bridgehead atoms. The minimum atomic E-state index is -4.82. The highest BCUT2D eigenvalue weighted by atomic mass is 19.4. The topological polar surface area (TPSA) is 46.3 Å². The van der Waals surface area contributed by atoms with Gasteiger partial charge in [-0.2, -0.15) is 13.2 Å². The van der Waals surface area contributed by atoms with E-state index in [4.69, 9.17) is 5.73 Å². The maximum absolute atomic E-state index is 13.8. The van der Waals surface area contributed by atoms with Crippen LogP contribution in [0.2, 0.25) is 0 Å². The van der Waals surface area contributed by atoms with Crippen molar-refractivity contribution in [2.75, 3.05) is 19.6 Å². The summed E-state index contributed by atoms with van der Waals surface area (Å²) in [5.74, 6) is -2.29. The Morgan fingerprint density at radius 2 is 2.00 bits per heavy atom. The molecule has 3 nitrogen and oxygen atoms in total. The predicted octanol–water partition coefficient (Wildman–Crippen LogP) is 2.66. The van der Waals surface area contributed by atoms with Gasteiger partial charge in [0.2, 0.25) is 0 Å². The molecule has 0 saturated carbocycles. The second-order valence-corrected chi connectivity index (χ2v) is 4.19. The first-order valence-corrected chi connectivity index (χ1v) is 6.18. The Bertz CT molecular complexity index is 474. The van der Waals surface area contributed by atoms with Crippen molar-refractivity contribution < 1.29 is 22.4 Å². The van der Waals surface area contributed by atoms with E-state index in [0.717, 1.165) is 12.1 Å². The summed E-state index contributed by atoms with van der Waals surface area (Å²) in [5, 5.41) is 0. The number of hydrogen-bond donors (Lipinski definition) is 1. The Hall–Kier alpha value is -1.63. The Kier molecular flexibility index (Phi) is 5.50. The molecule has 0 radical (unpaired) electrons. The third-order valence-corrected chi connectivity index (χ3v) is 2.84. The minimum Gasteiger partial charge on any atom is -0.339 e. The van der Waals surface area contributed by atoms with Gasteiger partial charge in [0.25, 0.3) is 5.91 Å². The normalized spacial score (nSPS) is 11.5. The van der Waals surface area contributed by atoms with Crippen LogP contribution in [0, 0.1) is 5.82 Å². The molecule has 1 rings (SSSR count). The average molecular weight is 292 g/mol. The van der Waals surface area contributed by atoms with E-state index in [1.165, 1.54) is 4.90 Å². The first kappa shape index (κ1) is 16.4. The molecule has 0 unspecified atom stereocenters. The molecule has 0 saturated heterocycles. The molecule has 0 atom stereocenters. The van der Waals surface area contributed by atoms with E-state index >= 15 is 0 Å². The maximum atomic E-state index is 13.8. The summed E-state index contributed by atoms with van der Waals surface area (Å²) in [6, 6.07) is 2.69. The fraction of sp³-hybridized carbons (Fsp3) is 0.462. The number of benzene rings is 1. The molecule has 0 fully saturated rings. The van der Waals surface area contributed by atoms with Gasteiger partial charge >= 0.3 is 6.18 Å². The Labute approximate surface area is 114 Å². The smallest absolute Gasteiger partial charge is 0.339 e. The summed E-state index contributed by atoms with van der Waals surface area (Å²) < 4.78 is 51.6. The number of nitrogens with zero attached hydrogens (tertiary/aromatic N) is 1. The van der Waals surface area contributed by atoms with Crippen molar-refractivity contribution in [3.63, 3.8) is 0 Å². The maximum Gasteiger partial charge on any atom is 0.419 e. The van der Waals surface area contributed by atoms with Crippen LogP contribution < -0.4 is 5.73 Å². The van der Waals surface area contributed by atoms with Crippen LogP contribution in [-0.2, 0) is 6.18 Å². The molecule has 112 valence electrons. The molecular formula is C13H16F4N2O. The number of carbonyl (C=O) groups is 1. The van der Waals surface area contributed by atoms with Gasteiger partial charge < -0.3 is 10.6 Å². The molecule has 0 aromatic heterocycles. The van der Waals surface area contributed by atoms with Gasteiger partial charge in [0.1, 0.15) is 5.82 Å². The zero-order chi connectivity index (χ0) is 15.3. The molecule has 1 aromatic carbocycles. The van der Waals surface area contributed by atoms with E-state index in [0.29, 0.717) is 19.0 Å². The SMILES string of the molecule is CCN(CCCN)C(=O)c1cccc(C(F)(F)F)c1F. The van der Waals surface area contributed by atoms with Gasteiger partial charge in [-0.3, -0.25) is 4.79 Å². The quantitative estimate of drug-likeness (QED) is 0.848. The third-order valence-electron chi connectivity index (χ3n) is 2.84. The molecule has 0 spiro atoms. The molecule has 0 heterocycles. The van der Waals surface area contributed by atoms with Gasteiger partial charge in [-0.05, 0) is 32.0 Å². The average Bonchev–Trinajstić information content (AvgIpc) is 2.38. The fourth-order valence-electron chi connectivity index (χ4n) is 1.77. The van der Waals surface area contributed by atoms with Gasteiger partial charge in [0.15, 0.2) is 0 Å². The second kappa shape index (κ2) is 6.69. The number of carbonyl (C=O) groups excluding carboxylic acids is 1. The lowest BCUT2D eigenvalue weighted by Crippen LogP contribution is -2.33. The van der Waals surface area contributed by atoms with E-state index in [2.05, 4.69) is 0 Å². The van der Waals surface area contributed by atoms with Crippen molar-refractivity contribution in [3.8, 4) is 0 Å². The van der Waals surface area contributed by atoms with Crippen LogP contribution in [0.3, 0.4) is 0 Å². The summed E-state index contributed by atoms with van der Waals surface area (Å²) in [5.41, 5.74) is 3.32. The summed E-state index contributed by atoms with van der Waals surface area (Å²) in [6.07, 6.45) is -4.32. The van der Waals surface area contributed by atoms with Crippen LogP contribution in [0.25, 0.3) is 0 Å². The van der Waals surface area contributed by atoms with Gasteiger partial charge in [-0.1, -0.05) is 6.07 Å². The number of nitrogens with two attached hydrogens (primary N) is 1. The second-order valence-electron chi connectivity index (χ2n) is 4.19. The Balaban J connectivity index is 3.10. The molecule has 20 heavy (non-hydrogen) atoms. The summed E-state index contributed by atoms with van der Waals surface area (Å²) in [6.45, 7) is 2.56. The Morgan fingerprint density at radius 3 is 2.50 bits per heavy atom. The van der Waals surface area contributed by atoms with Crippen molar-refractivity contribution in [1.29, 1.82) is 0 Å². The standard InChI is InChI=1S/C13H16F4N2O/c1-2-19(8-4-7-18)12(20)9-5-3-6-10(11(9)14)13(15,16)17/h3,5-6H,2,4,7-8,18H2,1H3. The summed E-state index contributed by atoms with van der Waals surface area (Å²) in [7, 11) is 0. The highest BCUT2D eigenvalue weighted by molar-refractivity contribution is 5.94. The molecular weight excluding hydrogens is 276 g/mol. The fourth-order valence-corrected chi connectivity index (χ4v) is 1.77. The van der Waals surface area contributed by atoms with Gasteiger partial charge in [0, 0.05) is 13.1 Å². The minimum absolute atomic E-state index is 0.272. The van der Waals surface area contributed by atoms with Crippen molar-refractivity contribution in [3.05, 3.63) is 35.1 Å². The van der Waals surface area contributed by atoms with E-state index in [-0.39, 0.29) is 13.1 Å². The zero-order valence-corrected chi connectivity index (χ0v) is 11.0. The number of amides is 1. The molecule has 0 aliphatic rings. The molecule has 7 heteroatoms. The first-order valence-electron chi connectivity index (χ1n) is 6.18. The van der Waals surface area contributed by atoms with Gasteiger partial charge in [0.05, 0.1) is 11.1 Å². The Morgan fingerprint density at radius 1 is 1.35 bits per heavy atom.